The van der Waals surface area contributed by atoms with Crippen molar-refractivity contribution in [2.24, 2.45) is 0 Å². The molecule has 7 heteroatoms. The summed E-state index contributed by atoms with van der Waals surface area (Å²) in [6.07, 6.45) is 2.78. The molecule has 0 bridgehead atoms. The van der Waals surface area contributed by atoms with Gasteiger partial charge < -0.3 is 9.09 Å². The van der Waals surface area contributed by atoms with Crippen molar-refractivity contribution in [1.29, 1.82) is 0 Å². The maximum Gasteiger partial charge on any atom is 0.191 e. The topological polar surface area (TPSA) is 56.7 Å². The van der Waals surface area contributed by atoms with Crippen LogP contribution in [0.25, 0.3) is 11.3 Å². The first-order valence-electron chi connectivity index (χ1n) is 7.92. The minimum atomic E-state index is 0.702. The Balaban J connectivity index is 1.37. The zero-order valence-electron chi connectivity index (χ0n) is 13.4. The van der Waals surface area contributed by atoms with Gasteiger partial charge in [-0.2, -0.15) is 0 Å². The highest BCUT2D eigenvalue weighted by molar-refractivity contribution is 7.98. The molecule has 3 heterocycles. The van der Waals surface area contributed by atoms with Gasteiger partial charge in [0.05, 0.1) is 5.69 Å². The van der Waals surface area contributed by atoms with Crippen molar-refractivity contribution in [3.05, 3.63) is 70.8 Å². The predicted molar refractivity (Wildman–Crippen MR) is 99.5 cm³/mol. The lowest BCUT2D eigenvalue weighted by Crippen LogP contribution is -2.01. The summed E-state index contributed by atoms with van der Waals surface area (Å²) in [5, 5.41) is 15.4. The molecule has 0 saturated carbocycles. The normalized spacial score (nSPS) is 11.0. The van der Waals surface area contributed by atoms with Gasteiger partial charge in [0.15, 0.2) is 10.9 Å². The molecule has 0 aliphatic rings. The maximum atomic E-state index is 5.44. The van der Waals surface area contributed by atoms with Crippen LogP contribution in [0, 0.1) is 0 Å². The average Bonchev–Trinajstić information content (AvgIpc) is 3.40. The second-order valence-electron chi connectivity index (χ2n) is 5.47. The fourth-order valence-electron chi connectivity index (χ4n) is 2.45. The van der Waals surface area contributed by atoms with Crippen LogP contribution >= 0.6 is 23.1 Å². The van der Waals surface area contributed by atoms with Gasteiger partial charge >= 0.3 is 0 Å². The van der Waals surface area contributed by atoms with Crippen LogP contribution in [0.2, 0.25) is 0 Å². The van der Waals surface area contributed by atoms with E-state index in [0.717, 1.165) is 35.1 Å². The second-order valence-corrected chi connectivity index (χ2v) is 7.45. The van der Waals surface area contributed by atoms with Crippen molar-refractivity contribution in [3.8, 4) is 11.3 Å². The van der Waals surface area contributed by atoms with E-state index in [4.69, 9.17) is 4.52 Å². The fourth-order valence-corrected chi connectivity index (χ4v) is 3.97. The van der Waals surface area contributed by atoms with Crippen molar-refractivity contribution in [3.63, 3.8) is 0 Å². The van der Waals surface area contributed by atoms with Gasteiger partial charge in [0.1, 0.15) is 6.33 Å². The molecule has 0 radical (unpaired) electrons. The van der Waals surface area contributed by atoms with Crippen molar-refractivity contribution in [2.45, 2.75) is 23.9 Å². The number of hydrogen-bond acceptors (Lipinski definition) is 6. The highest BCUT2D eigenvalue weighted by Gasteiger charge is 2.10. The van der Waals surface area contributed by atoms with Gasteiger partial charge in [-0.3, -0.25) is 0 Å². The molecule has 126 valence electrons. The van der Waals surface area contributed by atoms with E-state index in [9.17, 15) is 0 Å². The van der Waals surface area contributed by atoms with Crippen molar-refractivity contribution in [1.82, 2.24) is 19.9 Å². The Morgan fingerprint density at radius 3 is 2.88 bits per heavy atom. The first-order chi connectivity index (χ1) is 12.4. The van der Waals surface area contributed by atoms with Crippen molar-refractivity contribution < 1.29 is 4.52 Å². The number of hydrogen-bond donors (Lipinski definition) is 0. The third-order valence-electron chi connectivity index (χ3n) is 3.73. The summed E-state index contributed by atoms with van der Waals surface area (Å²) in [5.41, 5.74) is 1.93. The predicted octanol–water partition coefficient (Wildman–Crippen LogP) is 4.53. The molecule has 0 N–H and O–H groups in total. The molecule has 5 nitrogen and oxygen atoms in total. The number of aromatic nitrogens is 4. The Labute approximate surface area is 153 Å². The van der Waals surface area contributed by atoms with Gasteiger partial charge in [0.25, 0.3) is 0 Å². The van der Waals surface area contributed by atoms with Crippen molar-refractivity contribution in [2.75, 3.05) is 0 Å². The van der Waals surface area contributed by atoms with Crippen molar-refractivity contribution >= 4 is 23.1 Å². The summed E-state index contributed by atoms with van der Waals surface area (Å²) in [6, 6.07) is 16.2. The van der Waals surface area contributed by atoms with E-state index in [-0.39, 0.29) is 0 Å². The van der Waals surface area contributed by atoms with E-state index < -0.39 is 0 Å². The van der Waals surface area contributed by atoms with Crippen LogP contribution in [0.15, 0.2) is 69.9 Å². The number of benzene rings is 1. The summed E-state index contributed by atoms with van der Waals surface area (Å²) in [5.74, 6) is 1.49. The highest BCUT2D eigenvalue weighted by atomic mass is 32.2. The van der Waals surface area contributed by atoms with E-state index >= 15 is 0 Å². The molecule has 0 unspecified atom stereocenters. The van der Waals surface area contributed by atoms with E-state index in [1.54, 1.807) is 29.4 Å². The number of nitrogens with zero attached hydrogens (tertiary/aromatic N) is 4. The molecule has 0 aliphatic heterocycles. The Bertz CT molecular complexity index is 916. The smallest absolute Gasteiger partial charge is 0.191 e. The van der Waals surface area contributed by atoms with Crippen LogP contribution in [-0.2, 0) is 18.7 Å². The summed E-state index contributed by atoms with van der Waals surface area (Å²) < 4.78 is 7.53. The maximum absolute atomic E-state index is 5.44. The van der Waals surface area contributed by atoms with Gasteiger partial charge in [-0.25, -0.2) is 0 Å². The first-order valence-corrected chi connectivity index (χ1v) is 9.79. The highest BCUT2D eigenvalue weighted by Crippen LogP contribution is 2.25. The molecule has 0 spiro atoms. The molecule has 1 aromatic carbocycles. The third kappa shape index (κ3) is 4.00. The number of aryl methyl sites for hydroxylation is 2. The van der Waals surface area contributed by atoms with Gasteiger partial charge in [-0.15, -0.1) is 21.5 Å². The third-order valence-corrected chi connectivity index (χ3v) is 5.68. The average molecular weight is 368 g/mol. The standard InChI is InChI=1S/C18H16N4OS2/c1-2-5-14(6-3-1)17-11-15(21-23-17)12-25-18-20-19-13-22(18)9-8-16-7-4-10-24-16/h1-7,10-11,13H,8-9,12H2. The molecule has 3 aromatic heterocycles. The van der Waals surface area contributed by atoms with E-state index in [1.165, 1.54) is 4.88 Å². The molecule has 4 rings (SSSR count). The Morgan fingerprint density at radius 1 is 1.12 bits per heavy atom. The molecular weight excluding hydrogens is 352 g/mol. The molecule has 0 amide bonds. The summed E-state index contributed by atoms with van der Waals surface area (Å²) in [7, 11) is 0. The van der Waals surface area contributed by atoms with Gasteiger partial charge in [0, 0.05) is 28.8 Å². The quantitative estimate of drug-likeness (QED) is 0.449. The van der Waals surface area contributed by atoms with E-state index in [1.807, 2.05) is 36.4 Å². The second kappa shape index (κ2) is 7.67. The SMILES string of the molecule is c1ccc(-c2cc(CSc3nncn3CCc3cccs3)no2)cc1. The monoisotopic (exact) mass is 368 g/mol. The number of thiophene rings is 1. The lowest BCUT2D eigenvalue weighted by atomic mass is 10.2. The van der Waals surface area contributed by atoms with E-state index in [0.29, 0.717) is 5.75 Å². The molecule has 0 saturated heterocycles. The van der Waals surface area contributed by atoms with Crippen LogP contribution in [-0.4, -0.2) is 19.9 Å². The molecule has 0 atom stereocenters. The van der Waals surface area contributed by atoms with Crippen LogP contribution in [0.3, 0.4) is 0 Å². The summed E-state index contributed by atoms with van der Waals surface area (Å²) in [6.45, 7) is 0.879. The summed E-state index contributed by atoms with van der Waals surface area (Å²) >= 11 is 3.40. The van der Waals surface area contributed by atoms with Crippen LogP contribution in [0.5, 0.6) is 0 Å². The molecule has 25 heavy (non-hydrogen) atoms. The van der Waals surface area contributed by atoms with E-state index in [2.05, 4.69) is 37.4 Å². The zero-order chi connectivity index (χ0) is 16.9. The van der Waals surface area contributed by atoms with Crippen LogP contribution in [0.1, 0.15) is 10.6 Å². The van der Waals surface area contributed by atoms with Crippen LogP contribution < -0.4 is 0 Å². The minimum Gasteiger partial charge on any atom is -0.356 e. The number of rotatable bonds is 7. The first kappa shape index (κ1) is 16.1. The largest absolute Gasteiger partial charge is 0.356 e. The lowest BCUT2D eigenvalue weighted by Gasteiger charge is -2.04. The zero-order valence-corrected chi connectivity index (χ0v) is 15.0. The van der Waals surface area contributed by atoms with Gasteiger partial charge in [-0.05, 0) is 17.9 Å². The molecule has 4 aromatic rings. The van der Waals surface area contributed by atoms with Gasteiger partial charge in [0.2, 0.25) is 0 Å². The Hall–Kier alpha value is -2.38. The number of thioether (sulfide) groups is 1. The Kier molecular flexibility index (Phi) is 4.94. The molecule has 0 fully saturated rings. The summed E-state index contributed by atoms with van der Waals surface area (Å²) in [4.78, 5) is 1.37. The fraction of sp³-hybridized carbons (Fsp3) is 0.167. The lowest BCUT2D eigenvalue weighted by molar-refractivity contribution is 0.426. The molecular formula is C18H16N4OS2. The molecule has 0 aliphatic carbocycles. The van der Waals surface area contributed by atoms with Gasteiger partial charge in [-0.1, -0.05) is 53.3 Å². The van der Waals surface area contributed by atoms with Crippen LogP contribution in [0.4, 0.5) is 0 Å². The Morgan fingerprint density at radius 2 is 2.04 bits per heavy atom. The minimum absolute atomic E-state index is 0.702.